The van der Waals surface area contributed by atoms with Gasteiger partial charge in [-0.25, -0.2) is 4.79 Å². The molecule has 0 fully saturated rings. The molecule has 20 heavy (non-hydrogen) atoms. The van der Waals surface area contributed by atoms with Crippen molar-refractivity contribution in [2.24, 2.45) is 21.1 Å². The third kappa shape index (κ3) is 2.27. The van der Waals surface area contributed by atoms with Crippen LogP contribution in [0.15, 0.2) is 21.7 Å². The lowest BCUT2D eigenvalue weighted by Crippen LogP contribution is -2.38. The maximum Gasteiger partial charge on any atom is 0.332 e. The minimum absolute atomic E-state index is 0.131. The molecule has 0 atom stereocenters. The first-order valence-corrected chi connectivity index (χ1v) is 5.90. The number of rotatable bonds is 2. The Morgan fingerprint density at radius 1 is 1.15 bits per heavy atom. The lowest BCUT2D eigenvalue weighted by Gasteiger charge is -2.09. The zero-order valence-corrected chi connectivity index (χ0v) is 11.7. The monoisotopic (exact) mass is 277 g/mol. The Hall–Kier alpha value is -2.64. The fourth-order valence-corrected chi connectivity index (χ4v) is 1.70. The van der Waals surface area contributed by atoms with Crippen LogP contribution in [0, 0.1) is 6.92 Å². The summed E-state index contributed by atoms with van der Waals surface area (Å²) in [5.41, 5.74) is 0.0525. The number of amides is 1. The predicted molar refractivity (Wildman–Crippen MR) is 72.8 cm³/mol. The first-order valence-electron chi connectivity index (χ1n) is 5.90. The third-order valence-electron chi connectivity index (χ3n) is 3.11. The highest BCUT2D eigenvalue weighted by atomic mass is 16.2. The van der Waals surface area contributed by atoms with Crippen LogP contribution >= 0.6 is 0 Å². The molecule has 0 aliphatic carbocycles. The van der Waals surface area contributed by atoms with Gasteiger partial charge in [0, 0.05) is 32.9 Å². The Kier molecular flexibility index (Phi) is 3.31. The van der Waals surface area contributed by atoms with E-state index in [4.69, 9.17) is 0 Å². The van der Waals surface area contributed by atoms with E-state index in [1.54, 1.807) is 17.8 Å². The van der Waals surface area contributed by atoms with Crippen LogP contribution < -0.4 is 16.6 Å². The van der Waals surface area contributed by atoms with Crippen LogP contribution in [0.25, 0.3) is 0 Å². The zero-order valence-electron chi connectivity index (χ0n) is 11.7. The maximum absolute atomic E-state index is 12.0. The van der Waals surface area contributed by atoms with Crippen LogP contribution in [0.5, 0.6) is 0 Å². The smallest absolute Gasteiger partial charge is 0.306 e. The molecule has 8 nitrogen and oxygen atoms in total. The van der Waals surface area contributed by atoms with E-state index in [2.05, 4.69) is 10.4 Å². The minimum Gasteiger partial charge on any atom is -0.306 e. The number of carbonyl (C=O) groups excluding carboxylic acids is 1. The number of nitrogens with zero attached hydrogens (tertiary/aromatic N) is 4. The van der Waals surface area contributed by atoms with Crippen LogP contribution in [0.4, 0.5) is 5.82 Å². The van der Waals surface area contributed by atoms with Crippen molar-refractivity contribution in [3.63, 3.8) is 0 Å². The van der Waals surface area contributed by atoms with Gasteiger partial charge in [0.05, 0.1) is 0 Å². The highest BCUT2D eigenvalue weighted by Gasteiger charge is 2.14. The molecule has 2 aromatic heterocycles. The van der Waals surface area contributed by atoms with Gasteiger partial charge < -0.3 is 5.32 Å². The van der Waals surface area contributed by atoms with Gasteiger partial charge in [0.25, 0.3) is 11.5 Å². The van der Waals surface area contributed by atoms with Crippen LogP contribution in [0.2, 0.25) is 0 Å². The van der Waals surface area contributed by atoms with E-state index in [0.717, 1.165) is 10.3 Å². The lowest BCUT2D eigenvalue weighted by molar-refractivity contribution is 0.102. The molecule has 106 valence electrons. The molecule has 0 saturated heterocycles. The molecule has 1 N–H and O–H groups in total. The highest BCUT2D eigenvalue weighted by Crippen LogP contribution is 2.05. The van der Waals surface area contributed by atoms with Crippen molar-refractivity contribution in [3.8, 4) is 0 Å². The van der Waals surface area contributed by atoms with Crippen molar-refractivity contribution in [1.82, 2.24) is 18.9 Å². The number of aromatic nitrogens is 4. The first-order chi connectivity index (χ1) is 9.31. The van der Waals surface area contributed by atoms with E-state index < -0.39 is 17.2 Å². The number of anilines is 1. The number of hydrogen-bond acceptors (Lipinski definition) is 4. The Labute approximate surface area is 114 Å². The Balaban J connectivity index is 2.38. The molecule has 0 spiro atoms. The van der Waals surface area contributed by atoms with Crippen LogP contribution in [-0.4, -0.2) is 24.8 Å². The Morgan fingerprint density at radius 2 is 1.80 bits per heavy atom. The standard InChI is InChI=1S/C12H15N5O3/c1-7-5-8(14-17(7)4)11(19)13-9-6-10(18)16(3)12(20)15(9)2/h5-6H,1-4H3,(H,13,19). The minimum atomic E-state index is -0.509. The number of aryl methyl sites for hydroxylation is 2. The number of hydrogen-bond donors (Lipinski definition) is 1. The normalized spacial score (nSPS) is 10.6. The summed E-state index contributed by atoms with van der Waals surface area (Å²) in [4.78, 5) is 35.3. The van der Waals surface area contributed by atoms with Crippen LogP contribution in [0.1, 0.15) is 16.2 Å². The third-order valence-corrected chi connectivity index (χ3v) is 3.11. The highest BCUT2D eigenvalue weighted by molar-refractivity contribution is 6.02. The van der Waals surface area contributed by atoms with Gasteiger partial charge in [-0.1, -0.05) is 0 Å². The molecule has 2 aromatic rings. The van der Waals surface area contributed by atoms with Gasteiger partial charge >= 0.3 is 5.69 Å². The van der Waals surface area contributed by atoms with Crippen molar-refractivity contribution in [2.75, 3.05) is 5.32 Å². The second-order valence-electron chi connectivity index (χ2n) is 4.52. The molecule has 1 amide bonds. The van der Waals surface area contributed by atoms with Gasteiger partial charge in [0.2, 0.25) is 0 Å². The average Bonchev–Trinajstić information content (AvgIpc) is 2.73. The van der Waals surface area contributed by atoms with Crippen molar-refractivity contribution >= 4 is 11.7 Å². The molecule has 2 rings (SSSR count). The molecule has 0 bridgehead atoms. The SMILES string of the molecule is Cc1cc(C(=O)Nc2cc(=O)n(C)c(=O)n2C)nn1C. The topological polar surface area (TPSA) is 90.9 Å². The Bertz CT molecular complexity index is 777. The van der Waals surface area contributed by atoms with Crippen LogP contribution in [0.3, 0.4) is 0 Å². The summed E-state index contributed by atoms with van der Waals surface area (Å²) in [5.74, 6) is -0.344. The van der Waals surface area contributed by atoms with E-state index in [-0.39, 0.29) is 11.5 Å². The second-order valence-corrected chi connectivity index (χ2v) is 4.52. The van der Waals surface area contributed by atoms with Gasteiger partial charge in [-0.2, -0.15) is 5.10 Å². The number of nitrogens with one attached hydrogen (secondary N) is 1. The zero-order chi connectivity index (χ0) is 15.0. The van der Waals surface area contributed by atoms with Gasteiger partial charge in [0.1, 0.15) is 5.82 Å². The van der Waals surface area contributed by atoms with E-state index in [9.17, 15) is 14.4 Å². The van der Waals surface area contributed by atoms with E-state index in [1.165, 1.54) is 24.7 Å². The molecule has 8 heteroatoms. The van der Waals surface area contributed by atoms with E-state index in [1.807, 2.05) is 6.92 Å². The first kappa shape index (κ1) is 13.8. The van der Waals surface area contributed by atoms with Crippen molar-refractivity contribution in [3.05, 3.63) is 44.4 Å². The summed E-state index contributed by atoms with van der Waals surface area (Å²) < 4.78 is 3.72. The molecule has 0 aromatic carbocycles. The summed E-state index contributed by atoms with van der Waals surface area (Å²) in [6, 6.07) is 2.81. The van der Waals surface area contributed by atoms with E-state index in [0.29, 0.717) is 0 Å². The number of carbonyl (C=O) groups is 1. The largest absolute Gasteiger partial charge is 0.332 e. The lowest BCUT2D eigenvalue weighted by atomic mass is 10.3. The van der Waals surface area contributed by atoms with Gasteiger partial charge in [0.15, 0.2) is 5.69 Å². The van der Waals surface area contributed by atoms with Crippen molar-refractivity contribution in [1.29, 1.82) is 0 Å². The summed E-state index contributed by atoms with van der Waals surface area (Å²) in [6.07, 6.45) is 0. The average molecular weight is 277 g/mol. The van der Waals surface area contributed by atoms with Crippen molar-refractivity contribution < 1.29 is 4.79 Å². The quantitative estimate of drug-likeness (QED) is 0.792. The van der Waals surface area contributed by atoms with E-state index >= 15 is 0 Å². The molecule has 0 aliphatic rings. The van der Waals surface area contributed by atoms with Gasteiger partial charge in [-0.05, 0) is 13.0 Å². The molecule has 0 unspecified atom stereocenters. The predicted octanol–water partition coefficient (Wildman–Crippen LogP) is -0.622. The molecule has 2 heterocycles. The molecule has 0 aliphatic heterocycles. The van der Waals surface area contributed by atoms with Gasteiger partial charge in [-0.15, -0.1) is 0 Å². The maximum atomic E-state index is 12.0. The summed E-state index contributed by atoms with van der Waals surface area (Å²) >= 11 is 0. The second kappa shape index (κ2) is 4.80. The molecule has 0 saturated carbocycles. The molecular formula is C12H15N5O3. The molecule has 0 radical (unpaired) electrons. The van der Waals surface area contributed by atoms with Gasteiger partial charge in [-0.3, -0.25) is 23.4 Å². The van der Waals surface area contributed by atoms with Crippen molar-refractivity contribution in [2.45, 2.75) is 6.92 Å². The van der Waals surface area contributed by atoms with Crippen LogP contribution in [-0.2, 0) is 21.1 Å². The summed E-state index contributed by atoms with van der Waals surface area (Å²) in [5, 5.41) is 6.54. The fraction of sp³-hybridized carbons (Fsp3) is 0.333. The summed E-state index contributed by atoms with van der Waals surface area (Å²) in [7, 11) is 4.57. The molecular weight excluding hydrogens is 262 g/mol. The fourth-order valence-electron chi connectivity index (χ4n) is 1.70. The summed E-state index contributed by atoms with van der Waals surface area (Å²) in [6.45, 7) is 1.82. The Morgan fingerprint density at radius 3 is 2.35 bits per heavy atom.